The minimum absolute atomic E-state index is 0.163. The molecule has 9 heteroatoms. The predicted octanol–water partition coefficient (Wildman–Crippen LogP) is 4.98. The van der Waals surface area contributed by atoms with Gasteiger partial charge in [0.15, 0.2) is 0 Å². The normalized spacial score (nSPS) is 11.6. The van der Waals surface area contributed by atoms with E-state index in [9.17, 15) is 18.0 Å². The summed E-state index contributed by atoms with van der Waals surface area (Å²) >= 11 is 0. The third-order valence-corrected chi connectivity index (χ3v) is 3.77. The smallest absolute Gasteiger partial charge is 0.417 e. The largest absolute Gasteiger partial charge is 0.462 e. The molecule has 2 heterocycles. The molecule has 0 saturated heterocycles. The molecule has 3 rings (SSSR count). The van der Waals surface area contributed by atoms with Crippen LogP contribution < -0.4 is 5.43 Å². The highest BCUT2D eigenvalue weighted by molar-refractivity contribution is 5.90. The van der Waals surface area contributed by atoms with Crippen LogP contribution in [-0.4, -0.2) is 23.8 Å². The molecule has 0 aliphatic carbocycles. The summed E-state index contributed by atoms with van der Waals surface area (Å²) in [5.74, 6) is 0.758. The van der Waals surface area contributed by atoms with Crippen LogP contribution in [0.2, 0.25) is 0 Å². The van der Waals surface area contributed by atoms with Gasteiger partial charge in [0.05, 0.1) is 23.9 Å². The topological polar surface area (TPSA) is 76.7 Å². The zero-order chi connectivity index (χ0) is 20.9. The van der Waals surface area contributed by atoms with E-state index in [0.717, 1.165) is 17.8 Å². The van der Waals surface area contributed by atoms with Crippen LogP contribution in [0.1, 0.15) is 28.6 Å². The molecule has 0 amide bonds. The number of pyridine rings is 1. The minimum Gasteiger partial charge on any atom is -0.462 e. The van der Waals surface area contributed by atoms with Crippen molar-refractivity contribution in [3.63, 3.8) is 0 Å². The molecule has 0 aliphatic rings. The Labute approximate surface area is 164 Å². The highest BCUT2D eigenvalue weighted by atomic mass is 19.4. The van der Waals surface area contributed by atoms with Gasteiger partial charge in [0.25, 0.3) is 0 Å². The molecule has 150 valence electrons. The summed E-state index contributed by atoms with van der Waals surface area (Å²) in [6.07, 6.45) is -2.34. The van der Waals surface area contributed by atoms with Crippen LogP contribution in [0.5, 0.6) is 0 Å². The molecule has 0 unspecified atom stereocenters. The van der Waals surface area contributed by atoms with E-state index in [0.29, 0.717) is 23.7 Å². The van der Waals surface area contributed by atoms with Crippen molar-refractivity contribution in [2.24, 2.45) is 5.10 Å². The van der Waals surface area contributed by atoms with Crippen molar-refractivity contribution < 1.29 is 27.1 Å². The Bertz CT molecular complexity index is 994. The van der Waals surface area contributed by atoms with Crippen LogP contribution in [0.25, 0.3) is 11.3 Å². The fraction of sp³-hybridized carbons (Fsp3) is 0.150. The number of alkyl halides is 3. The molecule has 1 aromatic carbocycles. The zero-order valence-electron chi connectivity index (χ0n) is 15.2. The van der Waals surface area contributed by atoms with Gasteiger partial charge in [-0.1, -0.05) is 12.1 Å². The summed E-state index contributed by atoms with van der Waals surface area (Å²) < 4.78 is 48.1. The number of carbonyl (C=O) groups excluding carboxylic acids is 1. The summed E-state index contributed by atoms with van der Waals surface area (Å²) in [6.45, 7) is 2.04. The van der Waals surface area contributed by atoms with Crippen LogP contribution in [0, 0.1) is 0 Å². The van der Waals surface area contributed by atoms with Crippen molar-refractivity contribution in [1.82, 2.24) is 4.98 Å². The van der Waals surface area contributed by atoms with Crippen LogP contribution in [0.15, 0.2) is 64.2 Å². The maximum absolute atomic E-state index is 12.5. The Hall–Kier alpha value is -3.62. The van der Waals surface area contributed by atoms with Crippen molar-refractivity contribution in [2.45, 2.75) is 13.1 Å². The number of carbonyl (C=O) groups is 1. The average molecular weight is 403 g/mol. The summed E-state index contributed by atoms with van der Waals surface area (Å²) in [5, 5.41) is 3.89. The van der Waals surface area contributed by atoms with Gasteiger partial charge in [-0.3, -0.25) is 5.43 Å². The number of hydrogen-bond donors (Lipinski definition) is 1. The summed E-state index contributed by atoms with van der Waals surface area (Å²) in [5.41, 5.74) is 2.90. The van der Waals surface area contributed by atoms with Gasteiger partial charge in [0, 0.05) is 11.8 Å². The van der Waals surface area contributed by atoms with Crippen LogP contribution in [0.3, 0.4) is 0 Å². The molecule has 0 spiro atoms. The molecule has 3 aromatic rings. The van der Waals surface area contributed by atoms with Gasteiger partial charge in [-0.15, -0.1) is 0 Å². The van der Waals surface area contributed by atoms with Gasteiger partial charge in [0.1, 0.15) is 17.3 Å². The van der Waals surface area contributed by atoms with E-state index < -0.39 is 17.7 Å². The molecule has 2 aromatic heterocycles. The molecule has 0 atom stereocenters. The third-order valence-electron chi connectivity index (χ3n) is 3.77. The Morgan fingerprint density at radius 1 is 1.17 bits per heavy atom. The quantitative estimate of drug-likeness (QED) is 0.357. The fourth-order valence-corrected chi connectivity index (χ4v) is 2.35. The van der Waals surface area contributed by atoms with Crippen LogP contribution >= 0.6 is 0 Å². The highest BCUT2D eigenvalue weighted by Gasteiger charge is 2.30. The number of nitrogens with zero attached hydrogens (tertiary/aromatic N) is 2. The number of hydrazone groups is 1. The Morgan fingerprint density at radius 3 is 2.55 bits per heavy atom. The first-order chi connectivity index (χ1) is 13.9. The lowest BCUT2D eigenvalue weighted by Crippen LogP contribution is -2.05. The lowest BCUT2D eigenvalue weighted by atomic mass is 10.1. The SMILES string of the molecule is CCOC(=O)c1ccc(-c2ccc(/C=N\Nc3ccc(C(F)(F)F)cn3)o2)cc1. The van der Waals surface area contributed by atoms with Gasteiger partial charge >= 0.3 is 12.1 Å². The number of ether oxygens (including phenoxy) is 1. The van der Waals surface area contributed by atoms with E-state index in [-0.39, 0.29) is 5.82 Å². The Balaban J connectivity index is 1.62. The van der Waals surface area contributed by atoms with E-state index in [1.807, 2.05) is 0 Å². The number of halogens is 3. The third kappa shape index (κ3) is 5.22. The number of nitrogens with one attached hydrogen (secondary N) is 1. The van der Waals surface area contributed by atoms with Gasteiger partial charge in [-0.05, 0) is 43.3 Å². The highest BCUT2D eigenvalue weighted by Crippen LogP contribution is 2.28. The van der Waals surface area contributed by atoms with Crippen LogP contribution in [0.4, 0.5) is 19.0 Å². The summed E-state index contributed by atoms with van der Waals surface area (Å²) in [7, 11) is 0. The van der Waals surface area contributed by atoms with Gasteiger partial charge in [-0.25, -0.2) is 9.78 Å². The maximum Gasteiger partial charge on any atom is 0.417 e. The van der Waals surface area contributed by atoms with Crippen molar-refractivity contribution in [3.8, 4) is 11.3 Å². The van der Waals surface area contributed by atoms with E-state index in [2.05, 4.69) is 15.5 Å². The van der Waals surface area contributed by atoms with E-state index in [4.69, 9.17) is 9.15 Å². The van der Waals surface area contributed by atoms with Gasteiger partial charge < -0.3 is 9.15 Å². The molecule has 6 nitrogen and oxygen atoms in total. The number of benzene rings is 1. The second-order valence-electron chi connectivity index (χ2n) is 5.80. The molecule has 0 aliphatic heterocycles. The summed E-state index contributed by atoms with van der Waals surface area (Å²) in [6, 6.07) is 12.3. The van der Waals surface area contributed by atoms with Crippen molar-refractivity contribution in [1.29, 1.82) is 0 Å². The number of furan rings is 1. The standard InChI is InChI=1S/C20H16F3N3O3/c1-2-28-19(27)14-5-3-13(4-6-14)17-9-8-16(29-17)12-25-26-18-10-7-15(11-24-18)20(21,22)23/h3-12H,2H2,1H3,(H,24,26)/b25-12-. The molecular formula is C20H16F3N3O3. The second-order valence-corrected chi connectivity index (χ2v) is 5.80. The lowest BCUT2D eigenvalue weighted by Gasteiger charge is -2.06. The Morgan fingerprint density at radius 2 is 1.93 bits per heavy atom. The molecular weight excluding hydrogens is 387 g/mol. The molecule has 0 fully saturated rings. The van der Waals surface area contributed by atoms with Gasteiger partial charge in [0.2, 0.25) is 0 Å². The predicted molar refractivity (Wildman–Crippen MR) is 101 cm³/mol. The first-order valence-corrected chi connectivity index (χ1v) is 8.56. The zero-order valence-corrected chi connectivity index (χ0v) is 15.2. The fourth-order valence-electron chi connectivity index (χ4n) is 2.35. The van der Waals surface area contributed by atoms with Crippen molar-refractivity contribution in [3.05, 3.63) is 71.6 Å². The second kappa shape index (κ2) is 8.59. The monoisotopic (exact) mass is 403 g/mol. The number of anilines is 1. The first kappa shape index (κ1) is 20.1. The lowest BCUT2D eigenvalue weighted by molar-refractivity contribution is -0.137. The minimum atomic E-state index is -4.44. The maximum atomic E-state index is 12.5. The van der Waals surface area contributed by atoms with Crippen LogP contribution in [-0.2, 0) is 10.9 Å². The summed E-state index contributed by atoms with van der Waals surface area (Å²) in [4.78, 5) is 15.3. The first-order valence-electron chi connectivity index (χ1n) is 8.56. The molecule has 29 heavy (non-hydrogen) atoms. The molecule has 0 radical (unpaired) electrons. The number of aromatic nitrogens is 1. The van der Waals surface area contributed by atoms with E-state index in [1.165, 1.54) is 12.3 Å². The number of rotatable bonds is 6. The Kier molecular flexibility index (Phi) is 5.96. The number of esters is 1. The van der Waals surface area contributed by atoms with Gasteiger partial charge in [-0.2, -0.15) is 18.3 Å². The number of hydrogen-bond acceptors (Lipinski definition) is 6. The van der Waals surface area contributed by atoms with Crippen molar-refractivity contribution >= 4 is 18.0 Å². The molecule has 0 saturated carbocycles. The van der Waals surface area contributed by atoms with E-state index in [1.54, 1.807) is 43.3 Å². The van der Waals surface area contributed by atoms with E-state index >= 15 is 0 Å². The molecule has 1 N–H and O–H groups in total. The van der Waals surface area contributed by atoms with Crippen molar-refractivity contribution in [2.75, 3.05) is 12.0 Å². The average Bonchev–Trinajstić information content (AvgIpc) is 3.17. The molecule has 0 bridgehead atoms.